The zero-order valence-electron chi connectivity index (χ0n) is 17.7. The number of fused-ring (bicyclic) bond motifs is 1. The van der Waals surface area contributed by atoms with E-state index >= 15 is 0 Å². The minimum Gasteiger partial charge on any atom is -0.424 e. The van der Waals surface area contributed by atoms with Gasteiger partial charge in [0.1, 0.15) is 0 Å². The molecule has 2 aromatic rings. The summed E-state index contributed by atoms with van der Waals surface area (Å²) in [7, 11) is 0. The number of amides is 1. The van der Waals surface area contributed by atoms with Crippen LogP contribution in [-0.4, -0.2) is 26.5 Å². The van der Waals surface area contributed by atoms with Gasteiger partial charge in [0.05, 0.1) is 13.0 Å². The molecule has 3 rings (SSSR count). The lowest BCUT2D eigenvalue weighted by Gasteiger charge is -2.30. The van der Waals surface area contributed by atoms with E-state index in [4.69, 9.17) is 4.42 Å². The van der Waals surface area contributed by atoms with Crippen LogP contribution in [0.25, 0.3) is 0 Å². The summed E-state index contributed by atoms with van der Waals surface area (Å²) in [5, 5.41) is 10.5. The Hall–Kier alpha value is -2.44. The van der Waals surface area contributed by atoms with E-state index in [2.05, 4.69) is 47.8 Å². The largest absolute Gasteiger partial charge is 0.424 e. The molecule has 1 aliphatic carbocycles. The molecule has 0 atom stereocenters. The second kappa shape index (κ2) is 7.53. The van der Waals surface area contributed by atoms with Crippen molar-refractivity contribution in [3.63, 3.8) is 0 Å². The highest BCUT2D eigenvalue weighted by molar-refractivity contribution is 6.01. The highest BCUT2D eigenvalue weighted by Crippen LogP contribution is 2.39. The van der Waals surface area contributed by atoms with Gasteiger partial charge < -0.3 is 14.3 Å². The number of nitrogens with zero attached hydrogens (tertiary/aromatic N) is 3. The second-order valence-corrected chi connectivity index (χ2v) is 9.00. The molecule has 0 saturated heterocycles. The zero-order chi connectivity index (χ0) is 20.6. The van der Waals surface area contributed by atoms with Crippen molar-refractivity contribution in [2.24, 2.45) is 11.3 Å². The third-order valence-electron chi connectivity index (χ3n) is 5.21. The van der Waals surface area contributed by atoms with Gasteiger partial charge in [0.25, 0.3) is 0 Å². The summed E-state index contributed by atoms with van der Waals surface area (Å²) in [6.45, 7) is 13.4. The third kappa shape index (κ3) is 4.18. The molecule has 28 heavy (non-hydrogen) atoms. The summed E-state index contributed by atoms with van der Waals surface area (Å²) in [5.74, 6) is 1.29. The van der Waals surface area contributed by atoms with Crippen LogP contribution in [0.4, 0.5) is 0 Å². The van der Waals surface area contributed by atoms with E-state index in [9.17, 15) is 9.59 Å². The Kier molecular flexibility index (Phi) is 5.46. The number of aromatic nitrogens is 3. The van der Waals surface area contributed by atoms with Crippen molar-refractivity contribution in [3.8, 4) is 0 Å². The predicted molar refractivity (Wildman–Crippen MR) is 105 cm³/mol. The van der Waals surface area contributed by atoms with Gasteiger partial charge in [0.15, 0.2) is 5.78 Å². The number of ketones is 1. The number of carbonyl (C=O) groups is 2. The average molecular weight is 386 g/mol. The Bertz CT molecular complexity index is 905. The van der Waals surface area contributed by atoms with E-state index in [1.165, 1.54) is 0 Å². The molecule has 0 saturated carbocycles. The summed E-state index contributed by atoms with van der Waals surface area (Å²) >= 11 is 0. The molecule has 0 aliphatic heterocycles. The molecule has 0 fully saturated rings. The zero-order valence-corrected chi connectivity index (χ0v) is 17.7. The van der Waals surface area contributed by atoms with Gasteiger partial charge in [-0.25, -0.2) is 0 Å². The lowest BCUT2D eigenvalue weighted by Crippen LogP contribution is -2.29. The van der Waals surface area contributed by atoms with Gasteiger partial charge in [-0.05, 0) is 30.2 Å². The topological polar surface area (TPSA) is 90.0 Å². The van der Waals surface area contributed by atoms with Crippen molar-refractivity contribution < 1.29 is 14.0 Å². The van der Waals surface area contributed by atoms with Gasteiger partial charge in [0, 0.05) is 36.8 Å². The molecular weight excluding hydrogens is 356 g/mol. The lowest BCUT2D eigenvalue weighted by molar-refractivity contribution is -0.120. The summed E-state index contributed by atoms with van der Waals surface area (Å²) in [4.78, 5) is 25.5. The summed E-state index contributed by atoms with van der Waals surface area (Å²) in [5.41, 5.74) is 3.67. The van der Waals surface area contributed by atoms with Crippen LogP contribution in [0.2, 0.25) is 0 Å². The average Bonchev–Trinajstić information content (AvgIpc) is 3.09. The molecule has 0 bridgehead atoms. The molecule has 0 spiro atoms. The number of carbonyl (C=O) groups excluding carboxylic acids is 2. The van der Waals surface area contributed by atoms with Crippen LogP contribution in [0.3, 0.4) is 0 Å². The van der Waals surface area contributed by atoms with E-state index in [1.807, 2.05) is 6.92 Å². The molecule has 152 valence electrons. The van der Waals surface area contributed by atoms with Gasteiger partial charge in [-0.15, -0.1) is 10.2 Å². The number of nitrogens with one attached hydrogen (secondary N) is 1. The number of Topliss-reactive ketones (excluding diaryl/α,β-unsaturated/α-hetero) is 1. The number of hydrogen-bond donors (Lipinski definition) is 1. The van der Waals surface area contributed by atoms with Gasteiger partial charge in [0.2, 0.25) is 17.7 Å². The van der Waals surface area contributed by atoms with Crippen molar-refractivity contribution in [3.05, 3.63) is 34.3 Å². The molecule has 1 amide bonds. The van der Waals surface area contributed by atoms with Gasteiger partial charge in [-0.3, -0.25) is 9.59 Å². The Morgan fingerprint density at radius 3 is 2.57 bits per heavy atom. The maximum absolute atomic E-state index is 13.0. The van der Waals surface area contributed by atoms with Gasteiger partial charge >= 0.3 is 0 Å². The fraction of sp³-hybridized carbons (Fsp3) is 0.619. The molecule has 0 unspecified atom stereocenters. The monoisotopic (exact) mass is 386 g/mol. The van der Waals surface area contributed by atoms with E-state index in [0.717, 1.165) is 35.5 Å². The number of aryl methyl sites for hydroxylation is 1. The van der Waals surface area contributed by atoms with Crippen molar-refractivity contribution in [1.82, 2.24) is 20.1 Å². The first-order valence-corrected chi connectivity index (χ1v) is 9.87. The first-order chi connectivity index (χ1) is 13.1. The fourth-order valence-electron chi connectivity index (χ4n) is 4.04. The molecule has 0 aromatic carbocycles. The third-order valence-corrected chi connectivity index (χ3v) is 5.21. The van der Waals surface area contributed by atoms with E-state index in [-0.39, 0.29) is 30.1 Å². The first-order valence-electron chi connectivity index (χ1n) is 9.87. The van der Waals surface area contributed by atoms with Crippen LogP contribution >= 0.6 is 0 Å². The first kappa shape index (κ1) is 20.3. The molecule has 1 N–H and O–H groups in total. The van der Waals surface area contributed by atoms with E-state index < -0.39 is 0 Å². The van der Waals surface area contributed by atoms with Crippen LogP contribution in [-0.2, 0) is 30.7 Å². The fourth-order valence-corrected chi connectivity index (χ4v) is 4.04. The SMILES string of the molecule is Cc1nnc(CNC(=O)Cc2c3c(n(CC(C)C)c2C)CC(C)(C)CC3=O)o1. The molecule has 2 heterocycles. The summed E-state index contributed by atoms with van der Waals surface area (Å²) < 4.78 is 7.54. The Balaban J connectivity index is 1.87. The van der Waals surface area contributed by atoms with E-state index in [1.54, 1.807) is 6.92 Å². The predicted octanol–water partition coefficient (Wildman–Crippen LogP) is 3.16. The van der Waals surface area contributed by atoms with Crippen molar-refractivity contribution in [2.75, 3.05) is 0 Å². The lowest BCUT2D eigenvalue weighted by atomic mass is 9.75. The highest BCUT2D eigenvalue weighted by atomic mass is 16.4. The van der Waals surface area contributed by atoms with Crippen LogP contribution in [0, 0.1) is 25.2 Å². The maximum atomic E-state index is 13.0. The van der Waals surface area contributed by atoms with Crippen LogP contribution < -0.4 is 5.32 Å². The minimum atomic E-state index is -0.152. The Morgan fingerprint density at radius 2 is 1.96 bits per heavy atom. The van der Waals surface area contributed by atoms with Crippen LogP contribution in [0.1, 0.15) is 73.2 Å². The number of hydrogen-bond acceptors (Lipinski definition) is 5. The summed E-state index contributed by atoms with van der Waals surface area (Å²) in [6.07, 6.45) is 1.55. The molecule has 7 heteroatoms. The molecule has 1 aliphatic rings. The smallest absolute Gasteiger partial charge is 0.235 e. The summed E-state index contributed by atoms with van der Waals surface area (Å²) in [6, 6.07) is 0. The highest BCUT2D eigenvalue weighted by Gasteiger charge is 2.37. The minimum absolute atomic E-state index is 0.0566. The van der Waals surface area contributed by atoms with Crippen molar-refractivity contribution >= 4 is 11.7 Å². The quantitative estimate of drug-likeness (QED) is 0.824. The molecule has 0 radical (unpaired) electrons. The number of rotatable bonds is 6. The van der Waals surface area contributed by atoms with Gasteiger partial charge in [-0.2, -0.15) is 0 Å². The molecule has 7 nitrogen and oxygen atoms in total. The molecular formula is C21H30N4O3. The normalized spacial score (nSPS) is 15.8. The van der Waals surface area contributed by atoms with Crippen LogP contribution in [0.5, 0.6) is 0 Å². The van der Waals surface area contributed by atoms with Gasteiger partial charge in [-0.1, -0.05) is 27.7 Å². The van der Waals surface area contributed by atoms with Crippen molar-refractivity contribution in [2.45, 2.75) is 73.9 Å². The van der Waals surface area contributed by atoms with Crippen molar-refractivity contribution in [1.29, 1.82) is 0 Å². The Labute approximate surface area is 165 Å². The maximum Gasteiger partial charge on any atom is 0.235 e. The Morgan fingerprint density at radius 1 is 1.25 bits per heavy atom. The second-order valence-electron chi connectivity index (χ2n) is 9.00. The standard InChI is InChI=1S/C21H30N4O3/c1-12(2)11-25-13(3)15(20-16(25)8-21(5,6)9-17(20)26)7-18(27)22-10-19-24-23-14(4)28-19/h12H,7-11H2,1-6H3,(H,22,27). The van der Waals surface area contributed by atoms with E-state index in [0.29, 0.717) is 24.1 Å². The molecule has 2 aromatic heterocycles. The van der Waals surface area contributed by atoms with Crippen LogP contribution in [0.15, 0.2) is 4.42 Å².